The first-order valence-corrected chi connectivity index (χ1v) is 9.76. The Labute approximate surface area is 174 Å². The van der Waals surface area contributed by atoms with E-state index >= 15 is 0 Å². The van der Waals surface area contributed by atoms with Crippen LogP contribution in [0.2, 0.25) is 0 Å². The Hall–Kier alpha value is -3.80. The van der Waals surface area contributed by atoms with E-state index in [0.717, 1.165) is 11.3 Å². The molecular weight excluding hydrogens is 410 g/mol. The smallest absolute Gasteiger partial charge is 0.347 e. The van der Waals surface area contributed by atoms with Crippen LogP contribution in [0, 0.1) is 6.92 Å². The number of hydrogen-bond donors (Lipinski definition) is 3. The molecule has 0 atom stereocenters. The molecule has 1 aliphatic rings. The number of amides is 1. The first-order valence-electron chi connectivity index (χ1n) is 8.94. The van der Waals surface area contributed by atoms with Gasteiger partial charge < -0.3 is 20.1 Å². The van der Waals surface area contributed by atoms with Gasteiger partial charge in [0.2, 0.25) is 17.7 Å². The lowest BCUT2D eigenvalue weighted by atomic mass is 10.3. The summed E-state index contributed by atoms with van der Waals surface area (Å²) in [6.45, 7) is 2.85. The number of carbonyl (C=O) groups excluding carboxylic acids is 1. The molecule has 0 spiro atoms. The number of anilines is 3. The van der Waals surface area contributed by atoms with Crippen LogP contribution in [0.5, 0.6) is 11.6 Å². The Bertz CT molecular complexity index is 1090. The van der Waals surface area contributed by atoms with E-state index in [0.29, 0.717) is 35.5 Å². The number of aryl methyl sites for hydroxylation is 1. The van der Waals surface area contributed by atoms with E-state index in [-0.39, 0.29) is 29.2 Å². The van der Waals surface area contributed by atoms with Crippen LogP contribution in [0.4, 0.5) is 16.9 Å². The van der Waals surface area contributed by atoms with Crippen molar-refractivity contribution >= 4 is 40.1 Å². The number of aromatic nitrogens is 4. The highest BCUT2D eigenvalue weighted by molar-refractivity contribution is 7.17. The van der Waals surface area contributed by atoms with Gasteiger partial charge in [-0.2, -0.15) is 9.97 Å². The van der Waals surface area contributed by atoms with Gasteiger partial charge in [0.15, 0.2) is 5.13 Å². The largest absolute Gasteiger partial charge is 0.477 e. The fourth-order valence-electron chi connectivity index (χ4n) is 2.79. The zero-order valence-corrected chi connectivity index (χ0v) is 16.6. The van der Waals surface area contributed by atoms with Gasteiger partial charge in [0.25, 0.3) is 0 Å². The lowest BCUT2D eigenvalue weighted by Crippen LogP contribution is -2.48. The van der Waals surface area contributed by atoms with Crippen molar-refractivity contribution in [2.75, 3.05) is 29.9 Å². The van der Waals surface area contributed by atoms with Gasteiger partial charge in [0.1, 0.15) is 16.4 Å². The minimum absolute atomic E-state index is 0.106. The first kappa shape index (κ1) is 19.5. The molecule has 1 fully saturated rings. The van der Waals surface area contributed by atoms with Crippen molar-refractivity contribution in [3.63, 3.8) is 0 Å². The number of carboxylic acids is 1. The molecule has 4 rings (SSSR count). The molecule has 4 heterocycles. The molecule has 0 bridgehead atoms. The maximum absolute atomic E-state index is 11.8. The van der Waals surface area contributed by atoms with Crippen LogP contribution < -0.4 is 20.3 Å². The van der Waals surface area contributed by atoms with Crippen molar-refractivity contribution in [1.82, 2.24) is 25.3 Å². The van der Waals surface area contributed by atoms with Gasteiger partial charge in [0.05, 0.1) is 18.4 Å². The number of rotatable bonds is 6. The molecule has 3 aromatic rings. The molecule has 154 valence electrons. The molecule has 0 saturated carbocycles. The first-order chi connectivity index (χ1) is 14.5. The van der Waals surface area contributed by atoms with Crippen LogP contribution in [0.25, 0.3) is 0 Å². The van der Waals surface area contributed by atoms with Crippen LogP contribution >= 0.6 is 11.3 Å². The summed E-state index contributed by atoms with van der Waals surface area (Å²) in [5.74, 6) is 0.241. The normalized spacial score (nSPS) is 13.6. The van der Waals surface area contributed by atoms with E-state index in [4.69, 9.17) is 4.74 Å². The summed E-state index contributed by atoms with van der Waals surface area (Å²) in [5.41, 5.74) is 0.394. The number of piperazine rings is 1. The average Bonchev–Trinajstić information content (AvgIpc) is 3.09. The van der Waals surface area contributed by atoms with Crippen molar-refractivity contribution in [2.24, 2.45) is 0 Å². The zero-order chi connectivity index (χ0) is 21.1. The summed E-state index contributed by atoms with van der Waals surface area (Å²) >= 11 is 0.984. The van der Waals surface area contributed by atoms with Gasteiger partial charge in [-0.15, -0.1) is 0 Å². The Morgan fingerprint density at radius 3 is 2.93 bits per heavy atom. The molecule has 0 aromatic carbocycles. The van der Waals surface area contributed by atoms with Gasteiger partial charge in [-0.25, -0.2) is 9.78 Å². The van der Waals surface area contributed by atoms with Gasteiger partial charge in [-0.3, -0.25) is 15.1 Å². The van der Waals surface area contributed by atoms with Gasteiger partial charge in [0, 0.05) is 25.4 Å². The predicted octanol–water partition coefficient (Wildman–Crippen LogP) is 1.81. The summed E-state index contributed by atoms with van der Waals surface area (Å²) in [6, 6.07) is 5.10. The van der Waals surface area contributed by atoms with Crippen LogP contribution in [0.15, 0.2) is 30.6 Å². The number of nitrogens with one attached hydrogen (secondary N) is 2. The molecule has 12 heteroatoms. The minimum Gasteiger partial charge on any atom is -0.477 e. The van der Waals surface area contributed by atoms with Gasteiger partial charge in [-0.1, -0.05) is 11.3 Å². The highest BCUT2D eigenvalue weighted by Gasteiger charge is 2.21. The molecule has 0 aliphatic carbocycles. The molecular formula is C18H17N7O4S. The molecule has 1 aliphatic heterocycles. The summed E-state index contributed by atoms with van der Waals surface area (Å²) < 4.78 is 5.79. The van der Waals surface area contributed by atoms with Crippen molar-refractivity contribution < 1.29 is 19.4 Å². The van der Waals surface area contributed by atoms with E-state index in [1.807, 2.05) is 0 Å². The van der Waals surface area contributed by atoms with Crippen molar-refractivity contribution in [3.05, 3.63) is 41.2 Å². The summed E-state index contributed by atoms with van der Waals surface area (Å²) in [6.07, 6.45) is 3.18. The van der Waals surface area contributed by atoms with Crippen molar-refractivity contribution in [3.8, 4) is 11.6 Å². The van der Waals surface area contributed by atoms with E-state index in [9.17, 15) is 14.7 Å². The maximum Gasteiger partial charge on any atom is 0.347 e. The molecule has 0 unspecified atom stereocenters. The number of hydrogen-bond acceptors (Lipinski definition) is 10. The average molecular weight is 427 g/mol. The lowest BCUT2D eigenvalue weighted by molar-refractivity contribution is -0.120. The number of carbonyl (C=O) groups is 2. The molecule has 11 nitrogen and oxygen atoms in total. The third-order valence-corrected chi connectivity index (χ3v) is 5.18. The summed E-state index contributed by atoms with van der Waals surface area (Å²) in [7, 11) is 0. The fraction of sp³-hybridized carbons (Fsp3) is 0.222. The minimum atomic E-state index is -1.05. The van der Waals surface area contributed by atoms with E-state index in [2.05, 4.69) is 30.6 Å². The second-order valence-electron chi connectivity index (χ2n) is 6.31. The monoisotopic (exact) mass is 427 g/mol. The second-order valence-corrected chi connectivity index (χ2v) is 7.31. The van der Waals surface area contributed by atoms with Gasteiger partial charge >= 0.3 is 5.97 Å². The highest BCUT2D eigenvalue weighted by Crippen LogP contribution is 2.28. The van der Waals surface area contributed by atoms with Crippen LogP contribution in [0.1, 0.15) is 15.4 Å². The summed E-state index contributed by atoms with van der Waals surface area (Å²) in [5, 5.41) is 15.3. The maximum atomic E-state index is 11.8. The lowest BCUT2D eigenvalue weighted by Gasteiger charge is -2.27. The third kappa shape index (κ3) is 4.43. The van der Waals surface area contributed by atoms with E-state index in [1.165, 1.54) is 0 Å². The Morgan fingerprint density at radius 2 is 2.23 bits per heavy atom. The van der Waals surface area contributed by atoms with Gasteiger partial charge in [-0.05, 0) is 19.1 Å². The van der Waals surface area contributed by atoms with Crippen LogP contribution in [-0.2, 0) is 4.79 Å². The number of nitrogens with zero attached hydrogens (tertiary/aromatic N) is 5. The Kier molecular flexibility index (Phi) is 5.39. The Balaban J connectivity index is 1.66. The molecule has 3 N–H and O–H groups in total. The number of ether oxygens (including phenoxy) is 1. The summed E-state index contributed by atoms with van der Waals surface area (Å²) in [4.78, 5) is 42.0. The predicted molar refractivity (Wildman–Crippen MR) is 109 cm³/mol. The second kappa shape index (κ2) is 8.29. The quantitative estimate of drug-likeness (QED) is 0.533. The van der Waals surface area contributed by atoms with Crippen LogP contribution in [-0.4, -0.2) is 56.6 Å². The van der Waals surface area contributed by atoms with Crippen LogP contribution in [0.3, 0.4) is 0 Å². The molecule has 1 saturated heterocycles. The van der Waals surface area contributed by atoms with E-state index in [1.54, 1.807) is 42.4 Å². The third-order valence-electron chi connectivity index (χ3n) is 4.12. The van der Waals surface area contributed by atoms with Crippen molar-refractivity contribution in [2.45, 2.75) is 6.92 Å². The number of carboxylic acid groups (broad SMARTS) is 1. The standard InChI is InChI=1S/C18H17N7O4S/c1-10-15(16(27)28)30-18(21-10)24-17-22-12(25-6-5-20-13(26)9-25)7-14(23-17)29-11-3-2-4-19-8-11/h2-4,7-8H,5-6,9H2,1H3,(H,20,26)(H,27,28)(H,21,22,23,24). The fourth-order valence-corrected chi connectivity index (χ4v) is 3.59. The number of pyridine rings is 1. The molecule has 30 heavy (non-hydrogen) atoms. The number of thiazole rings is 1. The Morgan fingerprint density at radius 1 is 1.37 bits per heavy atom. The van der Waals surface area contributed by atoms with Crippen molar-refractivity contribution in [1.29, 1.82) is 0 Å². The molecule has 1 amide bonds. The topological polar surface area (TPSA) is 142 Å². The molecule has 3 aromatic heterocycles. The zero-order valence-electron chi connectivity index (χ0n) is 15.8. The highest BCUT2D eigenvalue weighted by atomic mass is 32.1. The number of aromatic carboxylic acids is 1. The van der Waals surface area contributed by atoms with E-state index < -0.39 is 5.97 Å². The SMILES string of the molecule is Cc1nc(Nc2nc(Oc3cccnc3)cc(N3CCNC(=O)C3)n2)sc1C(=O)O. The molecule has 0 radical (unpaired) electrons.